The summed E-state index contributed by atoms with van der Waals surface area (Å²) in [7, 11) is 2.01. The second-order valence-electron chi connectivity index (χ2n) is 4.57. The van der Waals surface area contributed by atoms with E-state index < -0.39 is 0 Å². The average Bonchev–Trinajstić information content (AvgIpc) is 2.35. The van der Waals surface area contributed by atoms with Gasteiger partial charge in [-0.2, -0.15) is 0 Å². The fourth-order valence-electron chi connectivity index (χ4n) is 2.17. The van der Waals surface area contributed by atoms with Crippen LogP contribution < -0.4 is 5.32 Å². The van der Waals surface area contributed by atoms with Gasteiger partial charge in [-0.3, -0.25) is 0 Å². The lowest BCUT2D eigenvalue weighted by molar-refractivity contribution is 0.501. The lowest BCUT2D eigenvalue weighted by atomic mass is 10.00. The molecule has 0 radical (unpaired) electrons. The second-order valence-corrected chi connectivity index (χ2v) is 4.97. The minimum Gasteiger partial charge on any atom is -0.313 e. The molecule has 1 rings (SSSR count). The van der Waals surface area contributed by atoms with E-state index in [2.05, 4.69) is 24.4 Å². The van der Waals surface area contributed by atoms with Crippen LogP contribution in [0, 0.1) is 0 Å². The molecule has 2 heteroatoms. The van der Waals surface area contributed by atoms with E-state index in [-0.39, 0.29) is 0 Å². The van der Waals surface area contributed by atoms with E-state index in [1.807, 2.05) is 19.2 Å². The third-order valence-electron chi connectivity index (χ3n) is 3.23. The van der Waals surface area contributed by atoms with Gasteiger partial charge in [0.2, 0.25) is 0 Å². The molecule has 0 aliphatic carbocycles. The van der Waals surface area contributed by atoms with Crippen molar-refractivity contribution in [1.29, 1.82) is 0 Å². The first-order valence-corrected chi connectivity index (χ1v) is 7.09. The molecule has 0 aliphatic heterocycles. The van der Waals surface area contributed by atoms with E-state index in [4.69, 9.17) is 11.6 Å². The molecule has 0 amide bonds. The molecule has 0 aromatic heterocycles. The van der Waals surface area contributed by atoms with Crippen LogP contribution in [0.15, 0.2) is 24.3 Å². The Kier molecular flexibility index (Phi) is 7.30. The summed E-state index contributed by atoms with van der Waals surface area (Å²) in [6.45, 7) is 2.25. The molecule has 1 aromatic carbocycles. The van der Waals surface area contributed by atoms with Crippen LogP contribution in [0.3, 0.4) is 0 Å². The summed E-state index contributed by atoms with van der Waals surface area (Å²) < 4.78 is 0. The Morgan fingerprint density at radius 2 is 1.82 bits per heavy atom. The van der Waals surface area contributed by atoms with Crippen molar-refractivity contribution in [3.63, 3.8) is 0 Å². The van der Waals surface area contributed by atoms with Gasteiger partial charge in [0.1, 0.15) is 0 Å². The van der Waals surface area contributed by atoms with Crippen molar-refractivity contribution in [3.05, 3.63) is 34.9 Å². The van der Waals surface area contributed by atoms with Crippen LogP contribution in [-0.4, -0.2) is 7.05 Å². The van der Waals surface area contributed by atoms with Gasteiger partial charge in [0.15, 0.2) is 0 Å². The van der Waals surface area contributed by atoms with Crippen molar-refractivity contribution < 1.29 is 0 Å². The van der Waals surface area contributed by atoms with Crippen molar-refractivity contribution in [2.24, 2.45) is 0 Å². The van der Waals surface area contributed by atoms with E-state index in [1.54, 1.807) is 0 Å². The van der Waals surface area contributed by atoms with Gasteiger partial charge in [-0.25, -0.2) is 0 Å². The summed E-state index contributed by atoms with van der Waals surface area (Å²) >= 11 is 6.22. The lowest BCUT2D eigenvalue weighted by Crippen LogP contribution is -2.16. The zero-order chi connectivity index (χ0) is 12.5. The number of rotatable bonds is 8. The molecular formula is C15H24ClN. The maximum atomic E-state index is 6.22. The first-order valence-electron chi connectivity index (χ1n) is 6.71. The highest BCUT2D eigenvalue weighted by Gasteiger charge is 2.11. The largest absolute Gasteiger partial charge is 0.313 e. The van der Waals surface area contributed by atoms with Crippen molar-refractivity contribution in [1.82, 2.24) is 5.32 Å². The quantitative estimate of drug-likeness (QED) is 0.646. The van der Waals surface area contributed by atoms with Gasteiger partial charge in [-0.15, -0.1) is 0 Å². The third-order valence-corrected chi connectivity index (χ3v) is 3.57. The van der Waals surface area contributed by atoms with Crippen LogP contribution in [0.5, 0.6) is 0 Å². The Labute approximate surface area is 111 Å². The molecule has 1 unspecified atom stereocenters. The van der Waals surface area contributed by atoms with Crippen LogP contribution in [0.1, 0.15) is 57.1 Å². The topological polar surface area (TPSA) is 12.0 Å². The van der Waals surface area contributed by atoms with Gasteiger partial charge >= 0.3 is 0 Å². The minimum atomic E-state index is 0.394. The van der Waals surface area contributed by atoms with Crippen molar-refractivity contribution in [2.75, 3.05) is 7.05 Å². The van der Waals surface area contributed by atoms with Crippen LogP contribution >= 0.6 is 11.6 Å². The molecule has 1 nitrogen and oxygen atoms in total. The molecule has 0 fully saturated rings. The van der Waals surface area contributed by atoms with E-state index in [0.717, 1.165) is 5.02 Å². The van der Waals surface area contributed by atoms with Crippen LogP contribution in [-0.2, 0) is 0 Å². The summed E-state index contributed by atoms with van der Waals surface area (Å²) in [5.41, 5.74) is 1.23. The second kappa shape index (κ2) is 8.54. The Morgan fingerprint density at radius 1 is 1.12 bits per heavy atom. The smallest absolute Gasteiger partial charge is 0.0453 e. The third kappa shape index (κ3) is 5.10. The van der Waals surface area contributed by atoms with Crippen LogP contribution in [0.4, 0.5) is 0 Å². The number of unbranched alkanes of at least 4 members (excludes halogenated alkanes) is 4. The molecule has 0 spiro atoms. The lowest BCUT2D eigenvalue weighted by Gasteiger charge is -2.17. The molecule has 1 atom stereocenters. The Bertz CT molecular complexity index is 312. The van der Waals surface area contributed by atoms with Gasteiger partial charge in [0.25, 0.3) is 0 Å². The fourth-order valence-corrected chi connectivity index (χ4v) is 2.43. The summed E-state index contributed by atoms with van der Waals surface area (Å²) in [6.07, 6.45) is 7.79. The predicted octanol–water partition coefficient (Wildman–Crippen LogP) is 4.96. The van der Waals surface area contributed by atoms with Gasteiger partial charge in [-0.1, -0.05) is 68.8 Å². The zero-order valence-electron chi connectivity index (χ0n) is 11.0. The highest BCUT2D eigenvalue weighted by molar-refractivity contribution is 6.31. The predicted molar refractivity (Wildman–Crippen MR) is 76.6 cm³/mol. The molecule has 96 valence electrons. The van der Waals surface area contributed by atoms with E-state index in [0.29, 0.717) is 6.04 Å². The van der Waals surface area contributed by atoms with Crippen molar-refractivity contribution >= 4 is 11.6 Å². The Morgan fingerprint density at radius 3 is 2.47 bits per heavy atom. The Balaban J connectivity index is 2.41. The van der Waals surface area contributed by atoms with E-state index in [9.17, 15) is 0 Å². The standard InChI is InChI=1S/C15H24ClN/c1-3-4-5-6-7-12-15(17-2)13-10-8-9-11-14(13)16/h8-11,15,17H,3-7,12H2,1-2H3. The minimum absolute atomic E-state index is 0.394. The highest BCUT2D eigenvalue weighted by Crippen LogP contribution is 2.26. The average molecular weight is 254 g/mol. The molecular weight excluding hydrogens is 230 g/mol. The first kappa shape index (κ1) is 14.5. The normalized spacial score (nSPS) is 12.6. The number of nitrogens with one attached hydrogen (secondary N) is 1. The maximum Gasteiger partial charge on any atom is 0.0453 e. The van der Waals surface area contributed by atoms with Crippen LogP contribution in [0.2, 0.25) is 5.02 Å². The number of hydrogen-bond acceptors (Lipinski definition) is 1. The molecule has 0 aliphatic rings. The number of halogens is 1. The van der Waals surface area contributed by atoms with Crippen LogP contribution in [0.25, 0.3) is 0 Å². The molecule has 0 bridgehead atoms. The van der Waals surface area contributed by atoms with Gasteiger partial charge < -0.3 is 5.32 Å². The molecule has 0 saturated heterocycles. The molecule has 0 heterocycles. The molecule has 0 saturated carbocycles. The SMILES string of the molecule is CCCCCCCC(NC)c1ccccc1Cl. The first-order chi connectivity index (χ1) is 8.29. The molecule has 1 aromatic rings. The summed E-state index contributed by atoms with van der Waals surface area (Å²) in [4.78, 5) is 0. The summed E-state index contributed by atoms with van der Waals surface area (Å²) in [5, 5.41) is 4.24. The van der Waals surface area contributed by atoms with Crippen molar-refractivity contribution in [3.8, 4) is 0 Å². The summed E-state index contributed by atoms with van der Waals surface area (Å²) in [5.74, 6) is 0. The fraction of sp³-hybridized carbons (Fsp3) is 0.600. The maximum absolute atomic E-state index is 6.22. The van der Waals surface area contributed by atoms with Gasteiger partial charge in [-0.05, 0) is 25.1 Å². The molecule has 17 heavy (non-hydrogen) atoms. The molecule has 1 N–H and O–H groups in total. The number of benzene rings is 1. The van der Waals surface area contributed by atoms with Gasteiger partial charge in [0.05, 0.1) is 0 Å². The van der Waals surface area contributed by atoms with E-state index >= 15 is 0 Å². The monoisotopic (exact) mass is 253 g/mol. The highest BCUT2D eigenvalue weighted by atomic mass is 35.5. The number of hydrogen-bond donors (Lipinski definition) is 1. The summed E-state index contributed by atoms with van der Waals surface area (Å²) in [6, 6.07) is 8.53. The van der Waals surface area contributed by atoms with E-state index in [1.165, 1.54) is 44.1 Å². The Hall–Kier alpha value is -0.530. The zero-order valence-corrected chi connectivity index (χ0v) is 11.8. The van der Waals surface area contributed by atoms with Crippen molar-refractivity contribution in [2.45, 2.75) is 51.5 Å². The van der Waals surface area contributed by atoms with Gasteiger partial charge in [0, 0.05) is 11.1 Å².